The van der Waals surface area contributed by atoms with Crippen molar-refractivity contribution in [1.29, 1.82) is 0 Å². The summed E-state index contributed by atoms with van der Waals surface area (Å²) in [4.78, 5) is 0. The van der Waals surface area contributed by atoms with E-state index in [1.807, 2.05) is 54.6 Å². The molecule has 0 saturated carbocycles. The summed E-state index contributed by atoms with van der Waals surface area (Å²) in [6, 6.07) is 18.1. The van der Waals surface area contributed by atoms with Crippen LogP contribution in [0.4, 0.5) is 11.4 Å². The van der Waals surface area contributed by atoms with Crippen LogP contribution in [0.25, 0.3) is 11.3 Å². The number of aliphatic hydroxyl groups excluding tert-OH is 1. The number of nitrogens with one attached hydrogen (secondary N) is 2. The summed E-state index contributed by atoms with van der Waals surface area (Å²) >= 11 is 0. The quantitative estimate of drug-likeness (QED) is 0.671. The van der Waals surface area contributed by atoms with Crippen LogP contribution in [-0.2, 0) is 6.42 Å². The maximum Gasteiger partial charge on any atom is 0.0885 e. The van der Waals surface area contributed by atoms with Crippen LogP contribution in [0.1, 0.15) is 5.56 Å². The van der Waals surface area contributed by atoms with Crippen molar-refractivity contribution in [2.75, 3.05) is 11.9 Å². The van der Waals surface area contributed by atoms with Gasteiger partial charge in [0.15, 0.2) is 0 Å². The summed E-state index contributed by atoms with van der Waals surface area (Å²) < 4.78 is 0. The SMILES string of the molecule is OCCc1ccc(Nc2cn[nH]c2-c2ccccc2)cc1. The fraction of sp³-hybridized carbons (Fsp3) is 0.118. The number of hydrogen-bond donors (Lipinski definition) is 3. The molecule has 3 rings (SSSR count). The maximum absolute atomic E-state index is 8.93. The largest absolute Gasteiger partial charge is 0.396 e. The van der Waals surface area contributed by atoms with Gasteiger partial charge in [-0.05, 0) is 24.1 Å². The molecule has 3 aromatic rings. The van der Waals surface area contributed by atoms with Gasteiger partial charge >= 0.3 is 0 Å². The molecular formula is C17H17N3O. The molecule has 3 N–H and O–H groups in total. The molecule has 0 aliphatic rings. The lowest BCUT2D eigenvalue weighted by atomic mass is 10.1. The highest BCUT2D eigenvalue weighted by Crippen LogP contribution is 2.27. The molecule has 1 heterocycles. The minimum atomic E-state index is 0.173. The molecule has 0 aliphatic carbocycles. The van der Waals surface area contributed by atoms with Gasteiger partial charge in [0.2, 0.25) is 0 Å². The van der Waals surface area contributed by atoms with Gasteiger partial charge in [-0.15, -0.1) is 0 Å². The van der Waals surface area contributed by atoms with Crippen molar-refractivity contribution in [3.05, 3.63) is 66.4 Å². The topological polar surface area (TPSA) is 60.9 Å². The van der Waals surface area contributed by atoms with E-state index in [4.69, 9.17) is 5.11 Å². The monoisotopic (exact) mass is 279 g/mol. The van der Waals surface area contributed by atoms with Gasteiger partial charge in [-0.1, -0.05) is 42.5 Å². The summed E-state index contributed by atoms with van der Waals surface area (Å²) in [5.74, 6) is 0. The lowest BCUT2D eigenvalue weighted by Crippen LogP contribution is -1.93. The second kappa shape index (κ2) is 6.24. The molecule has 0 radical (unpaired) electrons. The minimum Gasteiger partial charge on any atom is -0.396 e. The lowest BCUT2D eigenvalue weighted by Gasteiger charge is -2.08. The zero-order chi connectivity index (χ0) is 14.5. The second-order valence-electron chi connectivity index (χ2n) is 4.82. The van der Waals surface area contributed by atoms with E-state index in [1.54, 1.807) is 6.20 Å². The van der Waals surface area contributed by atoms with Crippen molar-refractivity contribution >= 4 is 11.4 Å². The van der Waals surface area contributed by atoms with Gasteiger partial charge in [0.1, 0.15) is 0 Å². The van der Waals surface area contributed by atoms with Crippen LogP contribution >= 0.6 is 0 Å². The van der Waals surface area contributed by atoms with Crippen molar-refractivity contribution in [1.82, 2.24) is 10.2 Å². The Morgan fingerprint density at radius 3 is 2.48 bits per heavy atom. The molecule has 0 aliphatic heterocycles. The first kappa shape index (κ1) is 13.4. The van der Waals surface area contributed by atoms with E-state index < -0.39 is 0 Å². The fourth-order valence-electron chi connectivity index (χ4n) is 2.25. The van der Waals surface area contributed by atoms with E-state index in [9.17, 15) is 0 Å². The van der Waals surface area contributed by atoms with Crippen molar-refractivity contribution in [3.8, 4) is 11.3 Å². The predicted molar refractivity (Wildman–Crippen MR) is 84.5 cm³/mol. The maximum atomic E-state index is 8.93. The average molecular weight is 279 g/mol. The highest BCUT2D eigenvalue weighted by molar-refractivity contribution is 5.77. The van der Waals surface area contributed by atoms with Crippen LogP contribution in [0, 0.1) is 0 Å². The molecule has 0 atom stereocenters. The van der Waals surface area contributed by atoms with Crippen molar-refractivity contribution in [2.24, 2.45) is 0 Å². The molecule has 0 bridgehead atoms. The Kier molecular flexibility index (Phi) is 3.98. The normalized spacial score (nSPS) is 10.5. The number of aromatic amines is 1. The predicted octanol–water partition coefficient (Wildman–Crippen LogP) is 3.36. The summed E-state index contributed by atoms with van der Waals surface area (Å²) in [6.45, 7) is 0.173. The fourth-order valence-corrected chi connectivity index (χ4v) is 2.25. The van der Waals surface area contributed by atoms with Crippen molar-refractivity contribution < 1.29 is 5.11 Å². The first-order valence-corrected chi connectivity index (χ1v) is 6.92. The number of hydrogen-bond acceptors (Lipinski definition) is 3. The molecule has 4 nitrogen and oxygen atoms in total. The minimum absolute atomic E-state index is 0.173. The van der Waals surface area contributed by atoms with E-state index in [0.717, 1.165) is 28.2 Å². The van der Waals surface area contributed by atoms with Crippen LogP contribution in [0.5, 0.6) is 0 Å². The first-order valence-electron chi connectivity index (χ1n) is 6.92. The number of rotatable bonds is 5. The van der Waals surface area contributed by atoms with Gasteiger partial charge in [-0.2, -0.15) is 5.10 Å². The molecular weight excluding hydrogens is 262 g/mol. The molecule has 0 unspecified atom stereocenters. The smallest absolute Gasteiger partial charge is 0.0885 e. The third-order valence-electron chi connectivity index (χ3n) is 3.34. The molecule has 1 aromatic heterocycles. The summed E-state index contributed by atoms with van der Waals surface area (Å²) in [6.07, 6.45) is 2.46. The van der Waals surface area contributed by atoms with Gasteiger partial charge in [0, 0.05) is 17.9 Å². The van der Waals surface area contributed by atoms with Crippen LogP contribution in [0.3, 0.4) is 0 Å². The average Bonchev–Trinajstić information content (AvgIpc) is 2.98. The lowest BCUT2D eigenvalue weighted by molar-refractivity contribution is 0.299. The Hall–Kier alpha value is -2.59. The van der Waals surface area contributed by atoms with Gasteiger partial charge in [-0.25, -0.2) is 0 Å². The Balaban J connectivity index is 1.81. The van der Waals surface area contributed by atoms with E-state index in [-0.39, 0.29) is 6.61 Å². The first-order chi connectivity index (χ1) is 10.4. The number of benzene rings is 2. The van der Waals surface area contributed by atoms with Crippen LogP contribution in [0.2, 0.25) is 0 Å². The highest BCUT2D eigenvalue weighted by atomic mass is 16.2. The summed E-state index contributed by atoms with van der Waals surface area (Å²) in [7, 11) is 0. The number of aromatic nitrogens is 2. The van der Waals surface area contributed by atoms with E-state index in [1.165, 1.54) is 0 Å². The Bertz CT molecular complexity index is 690. The zero-order valence-electron chi connectivity index (χ0n) is 11.6. The third kappa shape index (κ3) is 3.12. The third-order valence-corrected chi connectivity index (χ3v) is 3.34. The Labute approximate surface area is 123 Å². The van der Waals surface area contributed by atoms with Gasteiger partial charge in [0.05, 0.1) is 17.6 Å². The Morgan fingerprint density at radius 1 is 1.00 bits per heavy atom. The molecule has 2 aromatic carbocycles. The molecule has 106 valence electrons. The van der Waals surface area contributed by atoms with Crippen LogP contribution in [-0.4, -0.2) is 21.9 Å². The van der Waals surface area contributed by atoms with Crippen LogP contribution in [0.15, 0.2) is 60.8 Å². The Morgan fingerprint density at radius 2 is 1.76 bits per heavy atom. The van der Waals surface area contributed by atoms with Gasteiger partial charge in [-0.3, -0.25) is 5.10 Å². The summed E-state index contributed by atoms with van der Waals surface area (Å²) in [5, 5.41) is 19.4. The van der Waals surface area contributed by atoms with Gasteiger partial charge < -0.3 is 10.4 Å². The van der Waals surface area contributed by atoms with E-state index in [0.29, 0.717) is 6.42 Å². The van der Waals surface area contributed by atoms with E-state index in [2.05, 4.69) is 15.5 Å². The summed E-state index contributed by atoms with van der Waals surface area (Å²) in [5.41, 5.74) is 5.12. The molecule has 4 heteroatoms. The van der Waals surface area contributed by atoms with Crippen LogP contribution < -0.4 is 5.32 Å². The number of aliphatic hydroxyl groups is 1. The highest BCUT2D eigenvalue weighted by Gasteiger charge is 2.07. The van der Waals surface area contributed by atoms with Crippen molar-refractivity contribution in [3.63, 3.8) is 0 Å². The zero-order valence-corrected chi connectivity index (χ0v) is 11.6. The number of anilines is 2. The number of H-pyrrole nitrogens is 1. The molecule has 0 amide bonds. The van der Waals surface area contributed by atoms with E-state index >= 15 is 0 Å². The molecule has 0 spiro atoms. The van der Waals surface area contributed by atoms with Gasteiger partial charge in [0.25, 0.3) is 0 Å². The molecule has 21 heavy (non-hydrogen) atoms. The standard InChI is InChI=1S/C17H17N3O/c21-11-10-13-6-8-15(9-7-13)19-16-12-18-20-17(16)14-4-2-1-3-5-14/h1-9,12,19,21H,10-11H2,(H,18,20). The molecule has 0 saturated heterocycles. The molecule has 0 fully saturated rings. The number of nitrogens with zero attached hydrogens (tertiary/aromatic N) is 1. The van der Waals surface area contributed by atoms with Crippen molar-refractivity contribution in [2.45, 2.75) is 6.42 Å². The second-order valence-corrected chi connectivity index (χ2v) is 4.82.